The molecule has 47 heavy (non-hydrogen) atoms. The number of fused-ring (bicyclic) bond motifs is 1. The van der Waals surface area contributed by atoms with Crippen LogP contribution in [0.2, 0.25) is 0 Å². The number of para-hydroxylation sites is 1. The number of nitrogens with zero attached hydrogens (tertiary/aromatic N) is 5. The number of amides is 1. The lowest BCUT2D eigenvalue weighted by Gasteiger charge is -2.31. The number of carboxylic acid groups (broad SMARTS) is 1. The maximum atomic E-state index is 14.2. The van der Waals surface area contributed by atoms with Gasteiger partial charge in [0.2, 0.25) is 0 Å². The summed E-state index contributed by atoms with van der Waals surface area (Å²) in [7, 11) is 0. The number of rotatable bonds is 8. The fraction of sp³-hybridized carbons (Fsp3) is 0.371. The van der Waals surface area contributed by atoms with Crippen LogP contribution in [0.3, 0.4) is 0 Å². The summed E-state index contributed by atoms with van der Waals surface area (Å²) in [6.07, 6.45) is -1.56. The highest BCUT2D eigenvalue weighted by atomic mass is 19.4. The number of aryl methyl sites for hydroxylation is 1. The minimum atomic E-state index is -4.87. The second-order valence-electron chi connectivity index (χ2n) is 11.8. The Labute approximate surface area is 270 Å². The molecule has 0 aliphatic carbocycles. The Balaban J connectivity index is 1.29. The molecule has 1 saturated heterocycles. The Kier molecular flexibility index (Phi) is 8.94. The highest BCUT2D eigenvalue weighted by molar-refractivity contribution is 5.91. The number of alkyl halides is 3. The molecule has 2 aliphatic heterocycles. The van der Waals surface area contributed by atoms with Gasteiger partial charge in [0.1, 0.15) is 5.56 Å². The van der Waals surface area contributed by atoms with Crippen molar-refractivity contribution >= 4 is 17.7 Å². The Hall–Kier alpha value is -4.87. The molecule has 12 heteroatoms. The van der Waals surface area contributed by atoms with Crippen LogP contribution in [0.4, 0.5) is 23.7 Å². The van der Waals surface area contributed by atoms with Crippen LogP contribution in [0.25, 0.3) is 17.1 Å². The Morgan fingerprint density at radius 2 is 1.79 bits per heavy atom. The molecule has 6 rings (SSSR count). The first-order valence-electron chi connectivity index (χ1n) is 15.9. The number of carbonyl (C=O) groups is 2. The van der Waals surface area contributed by atoms with E-state index in [-0.39, 0.29) is 12.4 Å². The smallest absolute Gasteiger partial charge is 0.434 e. The number of anilines is 1. The summed E-state index contributed by atoms with van der Waals surface area (Å²) in [5.41, 5.74) is 5.21. The number of carbonyl (C=O) groups excluding carboxylic acids is 1. The Morgan fingerprint density at radius 3 is 2.49 bits per heavy atom. The van der Waals surface area contributed by atoms with E-state index in [4.69, 9.17) is 4.74 Å². The zero-order valence-electron chi connectivity index (χ0n) is 26.3. The molecule has 0 saturated carbocycles. The van der Waals surface area contributed by atoms with Crippen LogP contribution < -0.4 is 4.90 Å². The molecule has 2 aromatic heterocycles. The van der Waals surface area contributed by atoms with Crippen LogP contribution in [-0.2, 0) is 30.3 Å². The van der Waals surface area contributed by atoms with Crippen LogP contribution in [0.1, 0.15) is 70.9 Å². The molecule has 9 nitrogen and oxygen atoms in total. The maximum absolute atomic E-state index is 14.2. The van der Waals surface area contributed by atoms with Crippen molar-refractivity contribution in [3.8, 4) is 17.1 Å². The van der Waals surface area contributed by atoms with Crippen LogP contribution in [-0.4, -0.2) is 63.1 Å². The van der Waals surface area contributed by atoms with E-state index in [0.29, 0.717) is 35.9 Å². The van der Waals surface area contributed by atoms with Crippen molar-refractivity contribution in [3.05, 3.63) is 94.3 Å². The third-order valence-corrected chi connectivity index (χ3v) is 9.01. The van der Waals surface area contributed by atoms with E-state index in [1.54, 1.807) is 12.1 Å². The summed E-state index contributed by atoms with van der Waals surface area (Å²) in [5.74, 6) is -0.834. The molecule has 0 spiro atoms. The zero-order valence-corrected chi connectivity index (χ0v) is 26.3. The molecule has 0 unspecified atom stereocenters. The van der Waals surface area contributed by atoms with E-state index in [1.165, 1.54) is 29.0 Å². The van der Waals surface area contributed by atoms with Crippen LogP contribution >= 0.6 is 0 Å². The summed E-state index contributed by atoms with van der Waals surface area (Å²) in [6.45, 7) is 6.10. The van der Waals surface area contributed by atoms with E-state index in [1.807, 2.05) is 12.1 Å². The van der Waals surface area contributed by atoms with Gasteiger partial charge in [0.25, 0.3) is 0 Å². The molecule has 2 aromatic carbocycles. The van der Waals surface area contributed by atoms with Gasteiger partial charge in [0, 0.05) is 37.4 Å². The standard InChI is InChI=1S/C35H36F3N5O4/c1-3-23-19-22(11-12-26(23)24-13-16-41(17-14-24)34(45)46)21-42-18-15-25-7-5-8-27(31(25)42)29-9-6-10-30(40-29)43-32(35(36,37)38)28(20-39-43)33(44)47-4-2/h5-12,19-20,24H,3-4,13-18,21H2,1-2H3,(H,45,46). The predicted octanol–water partition coefficient (Wildman–Crippen LogP) is 7.11. The number of aromatic nitrogens is 3. The lowest BCUT2D eigenvalue weighted by Crippen LogP contribution is -2.37. The highest BCUT2D eigenvalue weighted by Crippen LogP contribution is 2.40. The van der Waals surface area contributed by atoms with Crippen molar-refractivity contribution < 1.29 is 32.6 Å². The number of hydrogen-bond donors (Lipinski definition) is 1. The molecular weight excluding hydrogens is 611 g/mol. The van der Waals surface area contributed by atoms with Gasteiger partial charge in [-0.15, -0.1) is 0 Å². The van der Waals surface area contributed by atoms with Crippen molar-refractivity contribution in [2.75, 3.05) is 31.1 Å². The van der Waals surface area contributed by atoms with Crippen molar-refractivity contribution in [3.63, 3.8) is 0 Å². The molecule has 246 valence electrons. The summed E-state index contributed by atoms with van der Waals surface area (Å²) < 4.78 is 48.1. The summed E-state index contributed by atoms with van der Waals surface area (Å²) in [4.78, 5) is 32.1. The van der Waals surface area contributed by atoms with Gasteiger partial charge in [-0.1, -0.05) is 49.4 Å². The molecule has 0 bridgehead atoms. The number of ether oxygens (including phenoxy) is 1. The molecule has 1 N–H and O–H groups in total. The summed E-state index contributed by atoms with van der Waals surface area (Å²) in [5, 5.41) is 13.2. The largest absolute Gasteiger partial charge is 0.465 e. The van der Waals surface area contributed by atoms with Gasteiger partial charge in [-0.05, 0) is 72.9 Å². The Morgan fingerprint density at radius 1 is 1.02 bits per heavy atom. The van der Waals surface area contributed by atoms with Crippen molar-refractivity contribution in [1.29, 1.82) is 0 Å². The average Bonchev–Trinajstić information content (AvgIpc) is 3.70. The molecule has 2 aliphatic rings. The van der Waals surface area contributed by atoms with Gasteiger partial charge in [0.05, 0.1) is 18.5 Å². The normalized spacial score (nSPS) is 15.2. The number of piperidine rings is 1. The van der Waals surface area contributed by atoms with Gasteiger partial charge < -0.3 is 19.6 Å². The average molecular weight is 648 g/mol. The topological polar surface area (TPSA) is 101 Å². The number of pyridine rings is 1. The van der Waals surface area contributed by atoms with Crippen molar-refractivity contribution in [2.45, 2.75) is 58.2 Å². The predicted molar refractivity (Wildman–Crippen MR) is 170 cm³/mol. The minimum Gasteiger partial charge on any atom is -0.465 e. The fourth-order valence-electron chi connectivity index (χ4n) is 6.81. The van der Waals surface area contributed by atoms with Gasteiger partial charge in [-0.3, -0.25) is 0 Å². The van der Waals surface area contributed by atoms with Crippen molar-refractivity contribution in [1.82, 2.24) is 19.7 Å². The van der Waals surface area contributed by atoms with E-state index in [2.05, 4.69) is 46.2 Å². The van der Waals surface area contributed by atoms with Gasteiger partial charge >= 0.3 is 18.2 Å². The summed E-state index contributed by atoms with van der Waals surface area (Å²) >= 11 is 0. The van der Waals surface area contributed by atoms with E-state index < -0.39 is 29.5 Å². The van der Waals surface area contributed by atoms with Gasteiger partial charge in [0.15, 0.2) is 11.5 Å². The molecule has 4 aromatic rings. The summed E-state index contributed by atoms with van der Waals surface area (Å²) in [6, 6.07) is 17.3. The first-order valence-corrected chi connectivity index (χ1v) is 15.9. The number of likely N-dealkylation sites (tertiary alicyclic amines) is 1. The van der Waals surface area contributed by atoms with E-state index in [0.717, 1.165) is 60.8 Å². The number of esters is 1. The number of benzene rings is 2. The second kappa shape index (κ2) is 13.1. The third-order valence-electron chi connectivity index (χ3n) is 9.01. The van der Waals surface area contributed by atoms with Crippen LogP contribution in [0.15, 0.2) is 60.8 Å². The molecule has 1 fully saturated rings. The molecule has 1 amide bonds. The molecular formula is C35H36F3N5O4. The first-order chi connectivity index (χ1) is 22.6. The number of halogens is 3. The molecule has 4 heterocycles. The van der Waals surface area contributed by atoms with Crippen molar-refractivity contribution in [2.24, 2.45) is 0 Å². The quantitative estimate of drug-likeness (QED) is 0.204. The monoisotopic (exact) mass is 647 g/mol. The maximum Gasteiger partial charge on any atom is 0.434 e. The van der Waals surface area contributed by atoms with Crippen LogP contribution in [0, 0.1) is 0 Å². The molecule has 0 atom stereocenters. The van der Waals surface area contributed by atoms with Gasteiger partial charge in [-0.2, -0.15) is 18.3 Å². The van der Waals surface area contributed by atoms with Crippen LogP contribution in [0.5, 0.6) is 0 Å². The Bertz CT molecular complexity index is 1800. The van der Waals surface area contributed by atoms with E-state index in [9.17, 15) is 27.9 Å². The zero-order chi connectivity index (χ0) is 33.3. The third kappa shape index (κ3) is 6.41. The van der Waals surface area contributed by atoms with E-state index >= 15 is 0 Å². The first kappa shape index (κ1) is 32.1. The number of hydrogen-bond acceptors (Lipinski definition) is 6. The fourth-order valence-corrected chi connectivity index (χ4v) is 6.81. The molecule has 0 radical (unpaired) electrons. The van der Waals surface area contributed by atoms with Gasteiger partial charge in [-0.25, -0.2) is 19.3 Å². The highest BCUT2D eigenvalue weighted by Gasteiger charge is 2.41. The minimum absolute atomic E-state index is 0.0649. The second-order valence-corrected chi connectivity index (χ2v) is 11.8. The lowest BCUT2D eigenvalue weighted by molar-refractivity contribution is -0.143. The lowest BCUT2D eigenvalue weighted by atomic mass is 9.85. The SMILES string of the molecule is CCOC(=O)c1cnn(-c2cccc(-c3cccc4c3N(Cc3ccc(C5CCN(C(=O)O)CC5)c(CC)c3)CC4)n2)c1C(F)(F)F.